The Labute approximate surface area is 123 Å². The molecule has 21 heavy (non-hydrogen) atoms. The predicted octanol–water partition coefficient (Wildman–Crippen LogP) is 2.96. The summed E-state index contributed by atoms with van der Waals surface area (Å²) in [5, 5.41) is 6.12. The normalized spacial score (nSPS) is 16.7. The van der Waals surface area contributed by atoms with Crippen LogP contribution in [0.25, 0.3) is 0 Å². The number of amides is 1. The molecule has 0 saturated heterocycles. The summed E-state index contributed by atoms with van der Waals surface area (Å²) in [6.45, 7) is 2.63. The lowest BCUT2D eigenvalue weighted by Crippen LogP contribution is -2.29. The third-order valence-corrected chi connectivity index (χ3v) is 3.69. The maximum Gasteiger partial charge on any atom is 0.246 e. The monoisotopic (exact) mass is 284 g/mol. The number of carbonyl (C=O) groups is 1. The Hall–Kier alpha value is -2.20. The van der Waals surface area contributed by atoms with Crippen LogP contribution in [0.3, 0.4) is 0 Å². The van der Waals surface area contributed by atoms with Crippen molar-refractivity contribution in [2.45, 2.75) is 19.4 Å². The minimum Gasteiger partial charge on any atom is -0.324 e. The number of hydrogen-bond acceptors (Lipinski definition) is 2. The lowest BCUT2D eigenvalue weighted by atomic mass is 10.0. The molecule has 1 atom stereocenters. The van der Waals surface area contributed by atoms with Crippen molar-refractivity contribution in [2.75, 3.05) is 11.9 Å². The third-order valence-electron chi connectivity index (χ3n) is 3.69. The fraction of sp³-hybridized carbons (Fsp3) is 0.235. The van der Waals surface area contributed by atoms with Crippen LogP contribution in [-0.2, 0) is 11.2 Å². The first kappa shape index (κ1) is 13.8. The van der Waals surface area contributed by atoms with Crippen LogP contribution in [0.2, 0.25) is 0 Å². The van der Waals surface area contributed by atoms with Crippen molar-refractivity contribution >= 4 is 11.6 Å². The number of halogens is 1. The number of nitrogens with one attached hydrogen (secondary N) is 2. The van der Waals surface area contributed by atoms with E-state index < -0.39 is 0 Å². The number of rotatable bonds is 4. The third kappa shape index (κ3) is 2.95. The van der Waals surface area contributed by atoms with Gasteiger partial charge in [-0.1, -0.05) is 29.8 Å². The molecule has 1 unspecified atom stereocenters. The molecular formula is C17H17FN2O. The molecule has 1 aliphatic rings. The molecule has 3 rings (SSSR count). The smallest absolute Gasteiger partial charge is 0.246 e. The van der Waals surface area contributed by atoms with E-state index in [1.807, 2.05) is 31.2 Å². The number of benzene rings is 2. The zero-order chi connectivity index (χ0) is 14.8. The summed E-state index contributed by atoms with van der Waals surface area (Å²) < 4.78 is 13.1. The Morgan fingerprint density at radius 3 is 2.90 bits per heavy atom. The molecular weight excluding hydrogens is 267 g/mol. The molecule has 108 valence electrons. The lowest BCUT2D eigenvalue weighted by Gasteiger charge is -2.12. The van der Waals surface area contributed by atoms with E-state index in [2.05, 4.69) is 10.6 Å². The highest BCUT2D eigenvalue weighted by molar-refractivity contribution is 6.02. The number of fused-ring (bicyclic) bond motifs is 1. The number of anilines is 1. The molecule has 0 saturated carbocycles. The van der Waals surface area contributed by atoms with E-state index in [1.54, 1.807) is 6.07 Å². The van der Waals surface area contributed by atoms with Gasteiger partial charge >= 0.3 is 0 Å². The summed E-state index contributed by atoms with van der Waals surface area (Å²) in [4.78, 5) is 12.0. The van der Waals surface area contributed by atoms with E-state index in [0.29, 0.717) is 13.0 Å². The molecule has 2 aromatic rings. The number of carbonyl (C=O) groups excluding carboxylic acids is 1. The summed E-state index contributed by atoms with van der Waals surface area (Å²) in [6.07, 6.45) is 0.683. The molecule has 2 aromatic carbocycles. The van der Waals surface area contributed by atoms with Crippen LogP contribution in [0.5, 0.6) is 0 Å². The van der Waals surface area contributed by atoms with Gasteiger partial charge in [0.15, 0.2) is 0 Å². The van der Waals surface area contributed by atoms with Crippen molar-refractivity contribution in [1.82, 2.24) is 5.32 Å². The van der Waals surface area contributed by atoms with E-state index in [0.717, 1.165) is 22.4 Å². The van der Waals surface area contributed by atoms with Gasteiger partial charge in [-0.15, -0.1) is 0 Å². The molecule has 2 N–H and O–H groups in total. The Balaban J connectivity index is 1.66. The minimum atomic E-state index is -0.326. The highest BCUT2D eigenvalue weighted by Crippen LogP contribution is 2.31. The van der Waals surface area contributed by atoms with Gasteiger partial charge in [0.25, 0.3) is 0 Å². The highest BCUT2D eigenvalue weighted by atomic mass is 19.1. The second-order valence-electron chi connectivity index (χ2n) is 5.35. The fourth-order valence-corrected chi connectivity index (χ4v) is 2.64. The minimum absolute atomic E-state index is 0.0326. The van der Waals surface area contributed by atoms with Crippen LogP contribution in [-0.4, -0.2) is 12.5 Å². The largest absolute Gasteiger partial charge is 0.324 e. The fourth-order valence-electron chi connectivity index (χ4n) is 2.64. The summed E-state index contributed by atoms with van der Waals surface area (Å²) in [6, 6.07) is 12.1. The van der Waals surface area contributed by atoms with Crippen molar-refractivity contribution < 1.29 is 9.18 Å². The maximum atomic E-state index is 13.1. The highest BCUT2D eigenvalue weighted by Gasteiger charge is 2.29. The Bertz CT molecular complexity index is 684. The zero-order valence-corrected chi connectivity index (χ0v) is 11.8. The lowest BCUT2D eigenvalue weighted by molar-refractivity contribution is -0.117. The van der Waals surface area contributed by atoms with E-state index in [-0.39, 0.29) is 17.8 Å². The molecule has 0 aliphatic carbocycles. The molecule has 1 heterocycles. The van der Waals surface area contributed by atoms with Gasteiger partial charge in [-0.3, -0.25) is 4.79 Å². The van der Waals surface area contributed by atoms with Crippen molar-refractivity contribution in [3.63, 3.8) is 0 Å². The van der Waals surface area contributed by atoms with Gasteiger partial charge in [-0.2, -0.15) is 0 Å². The van der Waals surface area contributed by atoms with Crippen molar-refractivity contribution in [2.24, 2.45) is 0 Å². The molecule has 3 nitrogen and oxygen atoms in total. The van der Waals surface area contributed by atoms with Crippen LogP contribution in [0.1, 0.15) is 22.7 Å². The zero-order valence-electron chi connectivity index (χ0n) is 11.8. The predicted molar refractivity (Wildman–Crippen MR) is 80.7 cm³/mol. The second kappa shape index (κ2) is 5.66. The van der Waals surface area contributed by atoms with E-state index in [1.165, 1.54) is 12.1 Å². The second-order valence-corrected chi connectivity index (χ2v) is 5.35. The molecule has 0 bridgehead atoms. The van der Waals surface area contributed by atoms with Gasteiger partial charge in [0.2, 0.25) is 5.91 Å². The molecule has 0 spiro atoms. The van der Waals surface area contributed by atoms with Gasteiger partial charge in [-0.25, -0.2) is 4.39 Å². The molecule has 4 heteroatoms. The van der Waals surface area contributed by atoms with Crippen molar-refractivity contribution in [3.05, 3.63) is 65.0 Å². The number of aryl methyl sites for hydroxylation is 1. The molecule has 1 aliphatic heterocycles. The van der Waals surface area contributed by atoms with Crippen LogP contribution < -0.4 is 10.6 Å². The molecule has 1 amide bonds. The SMILES string of the molecule is Cc1ccc2c(c1)C(NCCc1cccc(F)c1)C(=O)N2. The van der Waals surface area contributed by atoms with Crippen LogP contribution in [0.15, 0.2) is 42.5 Å². The van der Waals surface area contributed by atoms with Gasteiger partial charge in [-0.05, 0) is 37.1 Å². The maximum absolute atomic E-state index is 13.1. The van der Waals surface area contributed by atoms with Gasteiger partial charge < -0.3 is 10.6 Å². The van der Waals surface area contributed by atoms with Crippen molar-refractivity contribution in [1.29, 1.82) is 0 Å². The topological polar surface area (TPSA) is 41.1 Å². The first-order valence-electron chi connectivity index (χ1n) is 7.03. The van der Waals surface area contributed by atoms with Gasteiger partial charge in [0, 0.05) is 17.8 Å². The Morgan fingerprint density at radius 2 is 2.10 bits per heavy atom. The quantitative estimate of drug-likeness (QED) is 0.906. The van der Waals surface area contributed by atoms with Crippen LogP contribution >= 0.6 is 0 Å². The van der Waals surface area contributed by atoms with Crippen LogP contribution in [0.4, 0.5) is 10.1 Å². The average Bonchev–Trinajstić information content (AvgIpc) is 2.75. The first-order chi connectivity index (χ1) is 10.1. The summed E-state index contributed by atoms with van der Waals surface area (Å²) in [5.41, 5.74) is 3.90. The summed E-state index contributed by atoms with van der Waals surface area (Å²) in [7, 11) is 0. The molecule has 0 fully saturated rings. The Kier molecular flexibility index (Phi) is 3.71. The molecule has 0 radical (unpaired) electrons. The number of hydrogen-bond donors (Lipinski definition) is 2. The molecule has 0 aromatic heterocycles. The van der Waals surface area contributed by atoms with Crippen LogP contribution in [0, 0.1) is 12.7 Å². The summed E-state index contributed by atoms with van der Waals surface area (Å²) in [5.74, 6) is -0.262. The van der Waals surface area contributed by atoms with Gasteiger partial charge in [0.1, 0.15) is 11.9 Å². The first-order valence-corrected chi connectivity index (χ1v) is 7.03. The van der Waals surface area contributed by atoms with E-state index >= 15 is 0 Å². The van der Waals surface area contributed by atoms with Gasteiger partial charge in [0.05, 0.1) is 0 Å². The van der Waals surface area contributed by atoms with Crippen molar-refractivity contribution in [3.8, 4) is 0 Å². The Morgan fingerprint density at radius 1 is 1.24 bits per heavy atom. The standard InChI is InChI=1S/C17H17FN2O/c1-11-5-6-15-14(9-11)16(17(21)20-15)19-8-7-12-3-2-4-13(18)10-12/h2-6,9-10,16,19H,7-8H2,1H3,(H,20,21). The van der Waals surface area contributed by atoms with E-state index in [9.17, 15) is 9.18 Å². The van der Waals surface area contributed by atoms with E-state index in [4.69, 9.17) is 0 Å². The average molecular weight is 284 g/mol. The summed E-state index contributed by atoms with van der Waals surface area (Å²) >= 11 is 0.